The molecule has 0 fully saturated rings. The molecule has 2 aromatic rings. The van der Waals surface area contributed by atoms with Crippen LogP contribution in [0.15, 0.2) is 53.7 Å². The van der Waals surface area contributed by atoms with Gasteiger partial charge in [-0.3, -0.25) is 0 Å². The first-order valence-corrected chi connectivity index (χ1v) is 7.63. The average molecular weight is 320 g/mol. The van der Waals surface area contributed by atoms with Crippen molar-refractivity contribution in [3.63, 3.8) is 0 Å². The molecule has 3 rings (SSSR count). The molecule has 0 saturated carbocycles. The van der Waals surface area contributed by atoms with Gasteiger partial charge in [-0.25, -0.2) is 4.39 Å². The fourth-order valence-corrected chi connectivity index (χ4v) is 2.59. The number of hydrogen-bond acceptors (Lipinski definition) is 2. The Morgan fingerprint density at radius 2 is 2.05 bits per heavy atom. The summed E-state index contributed by atoms with van der Waals surface area (Å²) < 4.78 is 13.1. The van der Waals surface area contributed by atoms with Gasteiger partial charge in [0.25, 0.3) is 0 Å². The lowest BCUT2D eigenvalue weighted by Crippen LogP contribution is -2.84. The molecular weight excluding hydrogens is 303 g/mol. The molecule has 1 heterocycles. The molecule has 1 aliphatic heterocycles. The molecule has 0 radical (unpaired) electrons. The molecule has 3 nitrogen and oxygen atoms in total. The fourth-order valence-electron chi connectivity index (χ4n) is 2.47. The molecule has 1 atom stereocenters. The van der Waals surface area contributed by atoms with Crippen molar-refractivity contribution in [2.24, 2.45) is 5.16 Å². The summed E-state index contributed by atoms with van der Waals surface area (Å²) in [6.07, 6.45) is 0.834. The first-order valence-electron chi connectivity index (χ1n) is 7.25. The van der Waals surface area contributed by atoms with Crippen LogP contribution in [0.5, 0.6) is 0 Å². The van der Waals surface area contributed by atoms with Crippen LogP contribution in [0.25, 0.3) is 0 Å². The highest BCUT2D eigenvalue weighted by atomic mass is 35.5. The number of oxime groups is 1. The number of halogens is 2. The molecule has 0 bridgehead atoms. The highest BCUT2D eigenvalue weighted by Crippen LogP contribution is 2.17. The van der Waals surface area contributed by atoms with Gasteiger partial charge in [-0.1, -0.05) is 41.0 Å². The van der Waals surface area contributed by atoms with Crippen LogP contribution in [-0.4, -0.2) is 18.4 Å². The molecule has 2 aromatic carbocycles. The third-order valence-electron chi connectivity index (χ3n) is 3.61. The minimum atomic E-state index is -0.198. The van der Waals surface area contributed by atoms with Crippen molar-refractivity contribution < 1.29 is 14.5 Å². The van der Waals surface area contributed by atoms with E-state index in [1.54, 1.807) is 12.1 Å². The van der Waals surface area contributed by atoms with E-state index in [9.17, 15) is 4.39 Å². The second kappa shape index (κ2) is 6.90. The molecule has 114 valence electrons. The van der Waals surface area contributed by atoms with Gasteiger partial charge in [0.1, 0.15) is 18.9 Å². The first-order chi connectivity index (χ1) is 10.7. The monoisotopic (exact) mass is 319 g/mol. The van der Waals surface area contributed by atoms with Gasteiger partial charge in [-0.2, -0.15) is 0 Å². The van der Waals surface area contributed by atoms with E-state index < -0.39 is 0 Å². The van der Waals surface area contributed by atoms with Crippen LogP contribution in [0.2, 0.25) is 5.02 Å². The zero-order valence-corrected chi connectivity index (χ0v) is 12.8. The van der Waals surface area contributed by atoms with Gasteiger partial charge >= 0.3 is 0 Å². The van der Waals surface area contributed by atoms with Crippen molar-refractivity contribution in [2.75, 3.05) is 6.54 Å². The van der Waals surface area contributed by atoms with Crippen LogP contribution >= 0.6 is 11.6 Å². The summed E-state index contributed by atoms with van der Waals surface area (Å²) in [7, 11) is 0. The zero-order chi connectivity index (χ0) is 15.4. The van der Waals surface area contributed by atoms with Crippen molar-refractivity contribution in [1.29, 1.82) is 0 Å². The van der Waals surface area contributed by atoms with E-state index >= 15 is 0 Å². The lowest BCUT2D eigenvalue weighted by molar-refractivity contribution is -0.676. The van der Waals surface area contributed by atoms with Crippen molar-refractivity contribution in [1.82, 2.24) is 0 Å². The van der Waals surface area contributed by atoms with Crippen LogP contribution < -0.4 is 5.32 Å². The summed E-state index contributed by atoms with van der Waals surface area (Å²) in [5.74, 6) is -0.198. The molecule has 2 N–H and O–H groups in total. The maximum absolute atomic E-state index is 13.1. The summed E-state index contributed by atoms with van der Waals surface area (Å²) >= 11 is 5.88. The Labute approximate surface area is 133 Å². The topological polar surface area (TPSA) is 38.2 Å². The summed E-state index contributed by atoms with van der Waals surface area (Å²) in [6, 6.07) is 14.3. The predicted octanol–water partition coefficient (Wildman–Crippen LogP) is 2.74. The van der Waals surface area contributed by atoms with Gasteiger partial charge in [-0.15, -0.1) is 0 Å². The molecule has 1 aliphatic rings. The van der Waals surface area contributed by atoms with Crippen molar-refractivity contribution in [3.05, 3.63) is 70.5 Å². The molecule has 5 heteroatoms. The number of nitrogens with zero attached hydrogens (tertiary/aromatic N) is 1. The Hall–Kier alpha value is -1.91. The van der Waals surface area contributed by atoms with Crippen LogP contribution in [0.1, 0.15) is 17.5 Å². The van der Waals surface area contributed by atoms with E-state index in [1.165, 1.54) is 6.07 Å². The summed E-state index contributed by atoms with van der Waals surface area (Å²) in [6.45, 7) is 1.52. The largest absolute Gasteiger partial charge is 0.386 e. The maximum atomic E-state index is 13.1. The smallest absolute Gasteiger partial charge is 0.181 e. The number of rotatable bonds is 5. The van der Waals surface area contributed by atoms with Crippen LogP contribution in [0.4, 0.5) is 4.39 Å². The van der Waals surface area contributed by atoms with Crippen molar-refractivity contribution >= 4 is 17.3 Å². The Kier molecular flexibility index (Phi) is 4.71. The number of quaternary nitrogens is 1. The lowest BCUT2D eigenvalue weighted by Gasteiger charge is -2.07. The fraction of sp³-hybridized carbons (Fsp3) is 0.235. The first kappa shape index (κ1) is 15.0. The second-order valence-electron chi connectivity index (χ2n) is 5.33. The Balaban J connectivity index is 1.47. The highest BCUT2D eigenvalue weighted by Gasteiger charge is 2.23. The van der Waals surface area contributed by atoms with Gasteiger partial charge in [0.15, 0.2) is 6.10 Å². The predicted molar refractivity (Wildman–Crippen MR) is 84.4 cm³/mol. The SMILES string of the molecule is Fc1cccc(C[NH2+]C[C@@H]2CC(c3ccc(Cl)cc3)=NO2)c1. The van der Waals surface area contributed by atoms with Crippen LogP contribution in [0, 0.1) is 5.82 Å². The van der Waals surface area contributed by atoms with E-state index in [1.807, 2.05) is 30.3 Å². The van der Waals surface area contributed by atoms with Gasteiger partial charge in [-0.05, 0) is 29.8 Å². The zero-order valence-electron chi connectivity index (χ0n) is 12.0. The molecule has 0 spiro atoms. The Bertz CT molecular complexity index is 673. The maximum Gasteiger partial charge on any atom is 0.181 e. The van der Waals surface area contributed by atoms with Gasteiger partial charge < -0.3 is 10.2 Å². The van der Waals surface area contributed by atoms with Crippen molar-refractivity contribution in [3.8, 4) is 0 Å². The average Bonchev–Trinajstić information content (AvgIpc) is 2.97. The van der Waals surface area contributed by atoms with Crippen LogP contribution in [-0.2, 0) is 11.4 Å². The molecule has 0 aromatic heterocycles. The van der Waals surface area contributed by atoms with E-state index in [4.69, 9.17) is 16.4 Å². The highest BCUT2D eigenvalue weighted by molar-refractivity contribution is 6.30. The summed E-state index contributed by atoms with van der Waals surface area (Å²) in [5.41, 5.74) is 2.95. The second-order valence-corrected chi connectivity index (χ2v) is 5.77. The normalized spacial score (nSPS) is 17.2. The number of hydrogen-bond donors (Lipinski definition) is 1. The molecular formula is C17H17ClFN2O+. The minimum Gasteiger partial charge on any atom is -0.386 e. The third-order valence-corrected chi connectivity index (χ3v) is 3.86. The molecule has 0 unspecified atom stereocenters. The Morgan fingerprint density at radius 3 is 2.82 bits per heavy atom. The Morgan fingerprint density at radius 1 is 1.23 bits per heavy atom. The van der Waals surface area contributed by atoms with E-state index in [0.717, 1.165) is 36.3 Å². The number of benzene rings is 2. The van der Waals surface area contributed by atoms with Crippen LogP contribution in [0.3, 0.4) is 0 Å². The van der Waals surface area contributed by atoms with E-state index in [2.05, 4.69) is 10.5 Å². The minimum absolute atomic E-state index is 0.0548. The van der Waals surface area contributed by atoms with Crippen molar-refractivity contribution in [2.45, 2.75) is 19.1 Å². The van der Waals surface area contributed by atoms with E-state index in [0.29, 0.717) is 5.02 Å². The summed E-state index contributed by atoms with van der Waals surface area (Å²) in [4.78, 5) is 5.46. The lowest BCUT2D eigenvalue weighted by atomic mass is 10.1. The molecule has 0 saturated heterocycles. The van der Waals surface area contributed by atoms with Gasteiger partial charge in [0, 0.05) is 17.0 Å². The van der Waals surface area contributed by atoms with Gasteiger partial charge in [0.2, 0.25) is 0 Å². The molecule has 0 aliphatic carbocycles. The van der Waals surface area contributed by atoms with Gasteiger partial charge in [0.05, 0.1) is 5.71 Å². The summed E-state index contributed by atoms with van der Waals surface area (Å²) in [5, 5.41) is 6.97. The quantitative estimate of drug-likeness (QED) is 0.904. The third kappa shape index (κ3) is 3.84. The molecule has 22 heavy (non-hydrogen) atoms. The number of nitrogens with two attached hydrogens (primary N) is 1. The standard InChI is InChI=1S/C17H16ClFN2O/c18-14-6-4-13(5-7-14)17-9-16(22-21-17)11-20-10-12-2-1-3-15(19)8-12/h1-8,16,20H,9-11H2/p+1/t16-/m0/s1. The molecule has 0 amide bonds. The van der Waals surface area contributed by atoms with E-state index in [-0.39, 0.29) is 11.9 Å².